The van der Waals surface area contributed by atoms with Crippen LogP contribution in [-0.4, -0.2) is 58.2 Å². The normalized spacial score (nSPS) is 28.3. The second-order valence-corrected chi connectivity index (χ2v) is 9.41. The summed E-state index contributed by atoms with van der Waals surface area (Å²) in [5.41, 5.74) is 2.20. The molecule has 1 aromatic heterocycles. The zero-order chi connectivity index (χ0) is 24.1. The summed E-state index contributed by atoms with van der Waals surface area (Å²) in [6.07, 6.45) is 2.04. The minimum absolute atomic E-state index is 0. The highest BCUT2D eigenvalue weighted by atomic mass is 35.5. The van der Waals surface area contributed by atoms with E-state index in [0.29, 0.717) is 0 Å². The van der Waals surface area contributed by atoms with Gasteiger partial charge in [-0.1, -0.05) is 11.8 Å². The van der Waals surface area contributed by atoms with Gasteiger partial charge < -0.3 is 20.5 Å². The molecular formula is C21H20ClF4N5O3S. The van der Waals surface area contributed by atoms with E-state index in [1.54, 1.807) is 0 Å². The third kappa shape index (κ3) is 4.64. The summed E-state index contributed by atoms with van der Waals surface area (Å²) in [5, 5.41) is 2.68. The van der Waals surface area contributed by atoms with Gasteiger partial charge in [0.15, 0.2) is 16.4 Å². The quantitative estimate of drug-likeness (QED) is 0.548. The summed E-state index contributed by atoms with van der Waals surface area (Å²) >= 11 is 1.03. The molecule has 188 valence electrons. The molecule has 35 heavy (non-hydrogen) atoms. The molecule has 0 spiro atoms. The molecule has 3 heterocycles. The Morgan fingerprint density at radius 1 is 1.26 bits per heavy atom. The van der Waals surface area contributed by atoms with Crippen LogP contribution in [0.3, 0.4) is 0 Å². The zero-order valence-corrected chi connectivity index (χ0v) is 19.6. The number of alkyl halides is 3. The maximum Gasteiger partial charge on any atom is 0.275 e. The molecule has 3 unspecified atom stereocenters. The van der Waals surface area contributed by atoms with Gasteiger partial charge in [-0.05, 0) is 18.2 Å². The number of hydrogen-bond acceptors (Lipinski definition) is 8. The van der Waals surface area contributed by atoms with E-state index in [1.165, 1.54) is 12.1 Å². The molecule has 1 saturated heterocycles. The lowest BCUT2D eigenvalue weighted by Crippen LogP contribution is -2.52. The van der Waals surface area contributed by atoms with Gasteiger partial charge >= 0.3 is 0 Å². The summed E-state index contributed by atoms with van der Waals surface area (Å²) < 4.78 is 66.9. The first kappa shape index (κ1) is 25.5. The van der Waals surface area contributed by atoms with Crippen LogP contribution in [0.25, 0.3) is 0 Å². The summed E-state index contributed by atoms with van der Waals surface area (Å²) in [4.78, 5) is 24.7. The zero-order valence-electron chi connectivity index (χ0n) is 18.0. The van der Waals surface area contributed by atoms with E-state index < -0.39 is 34.8 Å². The predicted molar refractivity (Wildman–Crippen MR) is 123 cm³/mol. The standard InChI is InChI=1S/C21H19F4N5O3S.ClH/c22-14-2-1-12(3-13(14)20-9-32-8-19(20,23)10-34-18(26)30-20)29-17(31)15-5-28-16(6-27-15)33-7-11-4-21(11,24)25;/h1-3,5-6,11H,4,7-10H2,(H2,26,30)(H,29,31);1H. The van der Waals surface area contributed by atoms with E-state index in [4.69, 9.17) is 15.2 Å². The molecule has 14 heteroatoms. The number of carbonyl (C=O) groups excluding carboxylic acids is 1. The number of nitrogens with one attached hydrogen (secondary N) is 1. The number of halogens is 5. The number of rotatable bonds is 6. The van der Waals surface area contributed by atoms with Gasteiger partial charge in [-0.15, -0.1) is 12.4 Å². The Balaban J connectivity index is 0.00000289. The minimum Gasteiger partial charge on any atom is -0.476 e. The fourth-order valence-electron chi connectivity index (χ4n) is 3.95. The average Bonchev–Trinajstić information content (AvgIpc) is 3.27. The second-order valence-electron chi connectivity index (χ2n) is 8.42. The number of anilines is 1. The molecule has 3 N–H and O–H groups in total. The largest absolute Gasteiger partial charge is 0.476 e. The van der Waals surface area contributed by atoms with Gasteiger partial charge in [0.25, 0.3) is 11.8 Å². The number of hydrogen-bond donors (Lipinski definition) is 2. The number of aliphatic imine (C=N–C) groups is 1. The van der Waals surface area contributed by atoms with Gasteiger partial charge in [-0.2, -0.15) is 0 Å². The Labute approximate surface area is 207 Å². The van der Waals surface area contributed by atoms with Gasteiger partial charge in [0.05, 0.1) is 38.1 Å². The maximum absolute atomic E-state index is 15.7. The second kappa shape index (κ2) is 9.10. The van der Waals surface area contributed by atoms with E-state index in [2.05, 4.69) is 20.3 Å². The highest BCUT2D eigenvalue weighted by Crippen LogP contribution is 2.51. The molecule has 2 fully saturated rings. The Kier molecular flexibility index (Phi) is 6.62. The SMILES string of the molecule is Cl.NC1=NC2(c3cc(NC(=O)c4cnc(OCC5CC5(F)F)cn4)ccc3F)COCC2(F)CS1. The number of aromatic nitrogens is 2. The van der Waals surface area contributed by atoms with Crippen LogP contribution >= 0.6 is 24.2 Å². The molecule has 3 atom stereocenters. The van der Waals surface area contributed by atoms with Gasteiger partial charge in [0.1, 0.15) is 11.5 Å². The monoisotopic (exact) mass is 533 g/mol. The van der Waals surface area contributed by atoms with Crippen LogP contribution in [-0.2, 0) is 10.3 Å². The number of thioether (sulfide) groups is 1. The van der Waals surface area contributed by atoms with Gasteiger partial charge in [-0.3, -0.25) is 4.79 Å². The number of amides is 1. The Morgan fingerprint density at radius 2 is 2.03 bits per heavy atom. The number of amidine groups is 1. The number of benzene rings is 1. The Morgan fingerprint density at radius 3 is 2.71 bits per heavy atom. The Bertz CT molecular complexity index is 1170. The lowest BCUT2D eigenvalue weighted by Gasteiger charge is -2.38. The van der Waals surface area contributed by atoms with Gasteiger partial charge in [0.2, 0.25) is 5.88 Å². The molecule has 0 radical (unpaired) electrons. The minimum atomic E-state index is -2.71. The van der Waals surface area contributed by atoms with Crippen LogP contribution in [0.1, 0.15) is 22.5 Å². The fourth-order valence-corrected chi connectivity index (χ4v) is 4.87. The predicted octanol–water partition coefficient (Wildman–Crippen LogP) is 3.32. The molecule has 0 bridgehead atoms. The van der Waals surface area contributed by atoms with E-state index >= 15 is 4.39 Å². The first-order valence-corrected chi connectivity index (χ1v) is 11.3. The molecular weight excluding hydrogens is 514 g/mol. The summed E-state index contributed by atoms with van der Waals surface area (Å²) in [7, 11) is 0. The first-order chi connectivity index (χ1) is 16.1. The number of fused-ring (bicyclic) bond motifs is 1. The van der Waals surface area contributed by atoms with Gasteiger partial charge in [0, 0.05) is 23.4 Å². The summed E-state index contributed by atoms with van der Waals surface area (Å²) in [5.74, 6) is -4.97. The molecule has 2 aliphatic heterocycles. The number of nitrogens with zero attached hydrogens (tertiary/aromatic N) is 3. The fraction of sp³-hybridized carbons (Fsp3) is 0.429. The lowest BCUT2D eigenvalue weighted by atomic mass is 9.79. The van der Waals surface area contributed by atoms with Crippen molar-refractivity contribution in [2.45, 2.75) is 23.6 Å². The van der Waals surface area contributed by atoms with Crippen molar-refractivity contribution >= 4 is 40.9 Å². The maximum atomic E-state index is 15.7. The van der Waals surface area contributed by atoms with Crippen molar-refractivity contribution in [3.63, 3.8) is 0 Å². The van der Waals surface area contributed by atoms with E-state index in [1.807, 2.05) is 0 Å². The summed E-state index contributed by atoms with van der Waals surface area (Å²) in [6, 6.07) is 3.71. The first-order valence-electron chi connectivity index (χ1n) is 10.3. The molecule has 8 nitrogen and oxygen atoms in total. The van der Waals surface area contributed by atoms with Crippen molar-refractivity contribution in [3.8, 4) is 5.88 Å². The lowest BCUT2D eigenvalue weighted by molar-refractivity contribution is 0.0849. The molecule has 3 aliphatic rings. The highest BCUT2D eigenvalue weighted by Gasteiger charge is 2.61. The highest BCUT2D eigenvalue weighted by molar-refractivity contribution is 8.13. The van der Waals surface area contributed by atoms with Crippen molar-refractivity contribution < 1.29 is 31.8 Å². The average molecular weight is 534 g/mol. The molecule has 1 aromatic carbocycles. The molecule has 1 saturated carbocycles. The van der Waals surface area contributed by atoms with Crippen LogP contribution in [0.15, 0.2) is 35.6 Å². The van der Waals surface area contributed by atoms with E-state index in [-0.39, 0.29) is 72.4 Å². The number of carbonyl (C=O) groups is 1. The van der Waals surface area contributed by atoms with Crippen molar-refractivity contribution in [2.24, 2.45) is 16.6 Å². The third-order valence-corrected chi connectivity index (χ3v) is 7.04. The molecule has 2 aromatic rings. The van der Waals surface area contributed by atoms with E-state index in [0.717, 1.165) is 30.2 Å². The topological polar surface area (TPSA) is 112 Å². The molecule has 5 rings (SSSR count). The van der Waals surface area contributed by atoms with Crippen LogP contribution < -0.4 is 15.8 Å². The van der Waals surface area contributed by atoms with Crippen LogP contribution in [0.4, 0.5) is 23.2 Å². The van der Waals surface area contributed by atoms with Crippen molar-refractivity contribution in [1.82, 2.24) is 9.97 Å². The van der Waals surface area contributed by atoms with Crippen LogP contribution in [0, 0.1) is 11.7 Å². The smallest absolute Gasteiger partial charge is 0.275 e. The number of nitrogens with two attached hydrogens (primary N) is 1. The van der Waals surface area contributed by atoms with Gasteiger partial charge in [-0.25, -0.2) is 32.5 Å². The van der Waals surface area contributed by atoms with Crippen molar-refractivity contribution in [3.05, 3.63) is 47.7 Å². The van der Waals surface area contributed by atoms with Crippen LogP contribution in [0.5, 0.6) is 5.88 Å². The number of ether oxygens (including phenoxy) is 2. The third-order valence-electron chi connectivity index (χ3n) is 6.05. The van der Waals surface area contributed by atoms with Crippen molar-refractivity contribution in [2.75, 3.05) is 30.9 Å². The van der Waals surface area contributed by atoms with Crippen LogP contribution in [0.2, 0.25) is 0 Å². The molecule has 1 aliphatic carbocycles. The Hall–Kier alpha value is -2.64. The molecule has 1 amide bonds. The van der Waals surface area contributed by atoms with E-state index in [9.17, 15) is 18.0 Å². The van der Waals surface area contributed by atoms with Crippen molar-refractivity contribution in [1.29, 1.82) is 0 Å². The summed E-state index contributed by atoms with van der Waals surface area (Å²) in [6.45, 7) is -0.646.